The van der Waals surface area contributed by atoms with Gasteiger partial charge in [-0.25, -0.2) is 4.39 Å². The third kappa shape index (κ3) is 3.09. The van der Waals surface area contributed by atoms with E-state index >= 15 is 0 Å². The van der Waals surface area contributed by atoms with Crippen molar-refractivity contribution < 1.29 is 4.39 Å². The molecule has 100 valence electrons. The number of benzene rings is 1. The van der Waals surface area contributed by atoms with Crippen molar-refractivity contribution in [2.24, 2.45) is 0 Å². The number of rotatable bonds is 3. The molecule has 0 amide bonds. The van der Waals surface area contributed by atoms with Gasteiger partial charge in [0, 0.05) is 12.6 Å². The Morgan fingerprint density at radius 3 is 2.28 bits per heavy atom. The van der Waals surface area contributed by atoms with Gasteiger partial charge in [-0.3, -0.25) is 4.90 Å². The third-order valence-electron chi connectivity index (χ3n) is 3.90. The van der Waals surface area contributed by atoms with E-state index in [2.05, 4.69) is 10.2 Å². The van der Waals surface area contributed by atoms with Gasteiger partial charge in [0.05, 0.1) is 0 Å². The molecule has 0 bridgehead atoms. The van der Waals surface area contributed by atoms with Crippen molar-refractivity contribution >= 4 is 0 Å². The predicted octanol–water partition coefficient (Wildman–Crippen LogP) is 2.63. The van der Waals surface area contributed by atoms with Gasteiger partial charge in [-0.1, -0.05) is 12.1 Å². The van der Waals surface area contributed by atoms with E-state index in [-0.39, 0.29) is 5.82 Å². The molecule has 1 aromatic carbocycles. The number of nitrogens with zero attached hydrogens (tertiary/aromatic N) is 1. The predicted molar refractivity (Wildman–Crippen MR) is 73.2 cm³/mol. The van der Waals surface area contributed by atoms with Crippen molar-refractivity contribution in [2.75, 3.05) is 20.1 Å². The van der Waals surface area contributed by atoms with Crippen molar-refractivity contribution in [1.82, 2.24) is 10.2 Å². The van der Waals surface area contributed by atoms with E-state index in [1.54, 1.807) is 0 Å². The summed E-state index contributed by atoms with van der Waals surface area (Å²) in [7, 11) is 2.03. The summed E-state index contributed by atoms with van der Waals surface area (Å²) in [5.41, 5.74) is 2.75. The Labute approximate surface area is 109 Å². The van der Waals surface area contributed by atoms with E-state index in [0.717, 1.165) is 30.8 Å². The van der Waals surface area contributed by atoms with Crippen LogP contribution < -0.4 is 5.32 Å². The molecule has 0 radical (unpaired) electrons. The number of nitrogens with one attached hydrogen (secondary N) is 1. The van der Waals surface area contributed by atoms with Crippen LogP contribution in [0.25, 0.3) is 0 Å². The summed E-state index contributed by atoms with van der Waals surface area (Å²) in [6.45, 7) is 6.89. The molecule has 1 saturated heterocycles. The molecule has 0 unspecified atom stereocenters. The smallest absolute Gasteiger partial charge is 0.129 e. The Hall–Kier alpha value is -0.930. The van der Waals surface area contributed by atoms with Gasteiger partial charge < -0.3 is 5.32 Å². The maximum absolute atomic E-state index is 13.6. The normalized spacial score (nSPS) is 18.2. The Morgan fingerprint density at radius 2 is 1.78 bits per heavy atom. The summed E-state index contributed by atoms with van der Waals surface area (Å²) in [5.74, 6) is -0.0624. The van der Waals surface area contributed by atoms with Gasteiger partial charge in [-0.15, -0.1) is 0 Å². The Bertz CT molecular complexity index is 386. The second kappa shape index (κ2) is 5.81. The molecule has 2 rings (SSSR count). The number of halogens is 1. The molecule has 1 heterocycles. The van der Waals surface area contributed by atoms with Crippen LogP contribution in [0.5, 0.6) is 0 Å². The second-order valence-corrected chi connectivity index (χ2v) is 5.38. The summed E-state index contributed by atoms with van der Waals surface area (Å²) < 4.78 is 13.6. The molecule has 2 nitrogen and oxygen atoms in total. The molecular weight excluding hydrogens is 227 g/mol. The number of piperidine rings is 1. The lowest BCUT2D eigenvalue weighted by atomic mass is 10.0. The summed E-state index contributed by atoms with van der Waals surface area (Å²) >= 11 is 0. The van der Waals surface area contributed by atoms with Crippen LogP contribution in [0, 0.1) is 19.7 Å². The first kappa shape index (κ1) is 13.5. The molecule has 1 N–H and O–H groups in total. The highest BCUT2D eigenvalue weighted by Crippen LogP contribution is 2.18. The van der Waals surface area contributed by atoms with Crippen molar-refractivity contribution in [3.05, 3.63) is 34.6 Å². The molecule has 1 aliphatic rings. The maximum atomic E-state index is 13.6. The molecule has 18 heavy (non-hydrogen) atoms. The van der Waals surface area contributed by atoms with Crippen LogP contribution in [0.4, 0.5) is 4.39 Å². The van der Waals surface area contributed by atoms with Crippen LogP contribution in [0.2, 0.25) is 0 Å². The number of aryl methyl sites for hydroxylation is 2. The van der Waals surface area contributed by atoms with Gasteiger partial charge in [0.15, 0.2) is 0 Å². The SMILES string of the molecule is CNC1CCN(Cc2cc(C)c(F)c(C)c2)CC1. The minimum absolute atomic E-state index is 0.0624. The maximum Gasteiger partial charge on any atom is 0.129 e. The average molecular weight is 250 g/mol. The lowest BCUT2D eigenvalue weighted by Crippen LogP contribution is -2.40. The monoisotopic (exact) mass is 250 g/mol. The average Bonchev–Trinajstić information content (AvgIpc) is 2.37. The molecule has 1 aromatic rings. The van der Waals surface area contributed by atoms with Crippen LogP contribution >= 0.6 is 0 Å². The van der Waals surface area contributed by atoms with Crippen LogP contribution in [-0.4, -0.2) is 31.1 Å². The van der Waals surface area contributed by atoms with Crippen molar-refractivity contribution in [3.8, 4) is 0 Å². The van der Waals surface area contributed by atoms with Gasteiger partial charge in [-0.05, 0) is 63.5 Å². The van der Waals surface area contributed by atoms with Gasteiger partial charge in [-0.2, -0.15) is 0 Å². The minimum atomic E-state index is -0.0624. The summed E-state index contributed by atoms with van der Waals surface area (Å²) in [5, 5.41) is 3.34. The zero-order chi connectivity index (χ0) is 13.1. The molecule has 0 atom stereocenters. The van der Waals surface area contributed by atoms with Gasteiger partial charge >= 0.3 is 0 Å². The standard InChI is InChI=1S/C15H23FN2/c1-11-8-13(9-12(2)15(11)16)10-18-6-4-14(17-3)5-7-18/h8-9,14,17H,4-7,10H2,1-3H3. The third-order valence-corrected chi connectivity index (χ3v) is 3.90. The fourth-order valence-electron chi connectivity index (χ4n) is 2.76. The summed E-state index contributed by atoms with van der Waals surface area (Å²) in [6, 6.07) is 4.62. The van der Waals surface area contributed by atoms with E-state index < -0.39 is 0 Å². The lowest BCUT2D eigenvalue weighted by Gasteiger charge is -2.31. The zero-order valence-corrected chi connectivity index (χ0v) is 11.6. The fourth-order valence-corrected chi connectivity index (χ4v) is 2.76. The van der Waals surface area contributed by atoms with Crippen LogP contribution in [-0.2, 0) is 6.54 Å². The van der Waals surface area contributed by atoms with Crippen LogP contribution in [0.15, 0.2) is 12.1 Å². The lowest BCUT2D eigenvalue weighted by molar-refractivity contribution is 0.194. The fraction of sp³-hybridized carbons (Fsp3) is 0.600. The highest BCUT2D eigenvalue weighted by atomic mass is 19.1. The Balaban J connectivity index is 1.98. The van der Waals surface area contributed by atoms with E-state index in [0.29, 0.717) is 6.04 Å². The highest BCUT2D eigenvalue weighted by Gasteiger charge is 2.18. The molecule has 1 fully saturated rings. The van der Waals surface area contributed by atoms with E-state index in [9.17, 15) is 4.39 Å². The first-order chi connectivity index (χ1) is 8.60. The van der Waals surface area contributed by atoms with Gasteiger partial charge in [0.1, 0.15) is 5.82 Å². The Morgan fingerprint density at radius 1 is 1.22 bits per heavy atom. The number of hydrogen-bond acceptors (Lipinski definition) is 2. The molecule has 1 aliphatic heterocycles. The first-order valence-electron chi connectivity index (χ1n) is 6.75. The number of hydrogen-bond donors (Lipinski definition) is 1. The summed E-state index contributed by atoms with van der Waals surface area (Å²) in [6.07, 6.45) is 2.41. The van der Waals surface area contributed by atoms with Crippen LogP contribution in [0.3, 0.4) is 0 Å². The van der Waals surface area contributed by atoms with Crippen molar-refractivity contribution in [1.29, 1.82) is 0 Å². The zero-order valence-electron chi connectivity index (χ0n) is 11.6. The largest absolute Gasteiger partial charge is 0.317 e. The van der Waals surface area contributed by atoms with Crippen molar-refractivity contribution in [2.45, 2.75) is 39.3 Å². The Kier molecular flexibility index (Phi) is 4.36. The quantitative estimate of drug-likeness (QED) is 0.887. The summed E-state index contributed by atoms with van der Waals surface area (Å²) in [4.78, 5) is 2.46. The highest BCUT2D eigenvalue weighted by molar-refractivity contribution is 5.30. The second-order valence-electron chi connectivity index (χ2n) is 5.38. The van der Waals surface area contributed by atoms with Crippen molar-refractivity contribution in [3.63, 3.8) is 0 Å². The first-order valence-corrected chi connectivity index (χ1v) is 6.75. The topological polar surface area (TPSA) is 15.3 Å². The molecule has 0 aromatic heterocycles. The molecule has 0 aliphatic carbocycles. The minimum Gasteiger partial charge on any atom is -0.317 e. The van der Waals surface area contributed by atoms with Gasteiger partial charge in [0.2, 0.25) is 0 Å². The van der Waals surface area contributed by atoms with E-state index in [1.165, 1.54) is 18.4 Å². The molecule has 3 heteroatoms. The molecule has 0 spiro atoms. The van der Waals surface area contributed by atoms with E-state index in [4.69, 9.17) is 0 Å². The van der Waals surface area contributed by atoms with E-state index in [1.807, 2.05) is 33.0 Å². The molecular formula is C15H23FN2. The van der Waals surface area contributed by atoms with Crippen LogP contribution in [0.1, 0.15) is 29.5 Å². The number of likely N-dealkylation sites (tertiary alicyclic amines) is 1. The van der Waals surface area contributed by atoms with Gasteiger partial charge in [0.25, 0.3) is 0 Å². The molecule has 0 saturated carbocycles.